The fraction of sp³-hybridized carbons (Fsp3) is 0.333. The third kappa shape index (κ3) is 2.62. The predicted molar refractivity (Wildman–Crippen MR) is 69.4 cm³/mol. The summed E-state index contributed by atoms with van der Waals surface area (Å²) in [5.74, 6) is 0.889. The SMILES string of the molecule is COc1ccc(-c2nnc(CCN)s2)cc1C. The first-order valence-electron chi connectivity index (χ1n) is 5.42. The van der Waals surface area contributed by atoms with E-state index in [4.69, 9.17) is 10.5 Å². The second-order valence-electron chi connectivity index (χ2n) is 3.72. The van der Waals surface area contributed by atoms with Crippen molar-refractivity contribution >= 4 is 11.3 Å². The van der Waals surface area contributed by atoms with Crippen molar-refractivity contribution in [2.24, 2.45) is 5.73 Å². The van der Waals surface area contributed by atoms with Gasteiger partial charge >= 0.3 is 0 Å². The van der Waals surface area contributed by atoms with E-state index in [2.05, 4.69) is 16.3 Å². The van der Waals surface area contributed by atoms with Crippen LogP contribution in [-0.4, -0.2) is 23.9 Å². The van der Waals surface area contributed by atoms with E-state index >= 15 is 0 Å². The molecule has 0 aliphatic heterocycles. The van der Waals surface area contributed by atoms with Gasteiger partial charge in [0, 0.05) is 12.0 Å². The molecule has 1 aromatic carbocycles. The Morgan fingerprint density at radius 1 is 1.35 bits per heavy atom. The van der Waals surface area contributed by atoms with Gasteiger partial charge in [0.2, 0.25) is 0 Å². The molecule has 0 spiro atoms. The van der Waals surface area contributed by atoms with E-state index in [0.717, 1.165) is 33.3 Å². The molecule has 2 rings (SSSR count). The molecule has 0 atom stereocenters. The Hall–Kier alpha value is -1.46. The molecule has 0 unspecified atom stereocenters. The molecule has 1 aromatic heterocycles. The van der Waals surface area contributed by atoms with E-state index in [1.807, 2.05) is 19.1 Å². The summed E-state index contributed by atoms with van der Waals surface area (Å²) in [5, 5.41) is 10.2. The molecule has 0 fully saturated rings. The minimum Gasteiger partial charge on any atom is -0.496 e. The van der Waals surface area contributed by atoms with Crippen LogP contribution in [0, 0.1) is 6.92 Å². The highest BCUT2D eigenvalue weighted by Gasteiger charge is 2.08. The van der Waals surface area contributed by atoms with Crippen molar-refractivity contribution in [2.45, 2.75) is 13.3 Å². The molecule has 0 saturated carbocycles. The Labute approximate surface area is 104 Å². The largest absolute Gasteiger partial charge is 0.496 e. The number of aromatic nitrogens is 2. The Morgan fingerprint density at radius 2 is 2.18 bits per heavy atom. The van der Waals surface area contributed by atoms with Crippen LogP contribution in [0.4, 0.5) is 0 Å². The van der Waals surface area contributed by atoms with Crippen molar-refractivity contribution in [3.05, 3.63) is 28.8 Å². The zero-order chi connectivity index (χ0) is 12.3. The summed E-state index contributed by atoms with van der Waals surface area (Å²) in [6.07, 6.45) is 0.785. The maximum Gasteiger partial charge on any atom is 0.147 e. The summed E-state index contributed by atoms with van der Waals surface area (Å²) in [6.45, 7) is 2.63. The topological polar surface area (TPSA) is 61.0 Å². The van der Waals surface area contributed by atoms with Crippen molar-refractivity contribution in [1.82, 2.24) is 10.2 Å². The van der Waals surface area contributed by atoms with Crippen LogP contribution < -0.4 is 10.5 Å². The van der Waals surface area contributed by atoms with Gasteiger partial charge in [0.1, 0.15) is 15.8 Å². The highest BCUT2D eigenvalue weighted by Crippen LogP contribution is 2.28. The molecule has 2 N–H and O–H groups in total. The summed E-state index contributed by atoms with van der Waals surface area (Å²) < 4.78 is 5.23. The number of nitrogens with two attached hydrogens (primary N) is 1. The lowest BCUT2D eigenvalue weighted by molar-refractivity contribution is 0.412. The van der Waals surface area contributed by atoms with Crippen LogP contribution in [0.25, 0.3) is 10.6 Å². The molecule has 1 heterocycles. The maximum absolute atomic E-state index is 5.49. The Kier molecular flexibility index (Phi) is 3.71. The van der Waals surface area contributed by atoms with Gasteiger partial charge in [-0.25, -0.2) is 0 Å². The number of methoxy groups -OCH3 is 1. The Morgan fingerprint density at radius 3 is 2.82 bits per heavy atom. The van der Waals surface area contributed by atoms with E-state index in [1.54, 1.807) is 18.4 Å². The molecule has 0 aliphatic rings. The van der Waals surface area contributed by atoms with Gasteiger partial charge in [0.25, 0.3) is 0 Å². The van der Waals surface area contributed by atoms with E-state index in [-0.39, 0.29) is 0 Å². The summed E-state index contributed by atoms with van der Waals surface area (Å²) in [6, 6.07) is 6.01. The van der Waals surface area contributed by atoms with E-state index in [1.165, 1.54) is 0 Å². The summed E-state index contributed by atoms with van der Waals surface area (Å²) in [4.78, 5) is 0. The first kappa shape index (κ1) is 12.0. The van der Waals surface area contributed by atoms with Crippen LogP contribution in [-0.2, 0) is 6.42 Å². The first-order valence-corrected chi connectivity index (χ1v) is 6.23. The first-order chi connectivity index (χ1) is 8.24. The van der Waals surface area contributed by atoms with Gasteiger partial charge in [-0.3, -0.25) is 0 Å². The molecular formula is C12H15N3OS. The van der Waals surface area contributed by atoms with Crippen molar-refractivity contribution in [3.63, 3.8) is 0 Å². The predicted octanol–water partition coefficient (Wildman–Crippen LogP) is 2.02. The van der Waals surface area contributed by atoms with E-state index in [9.17, 15) is 0 Å². The van der Waals surface area contributed by atoms with Gasteiger partial charge in [-0.1, -0.05) is 11.3 Å². The molecular weight excluding hydrogens is 234 g/mol. The number of hydrogen-bond donors (Lipinski definition) is 1. The molecule has 4 nitrogen and oxygen atoms in total. The molecule has 0 saturated heterocycles. The van der Waals surface area contributed by atoms with Gasteiger partial charge in [-0.05, 0) is 37.2 Å². The average molecular weight is 249 g/mol. The fourth-order valence-electron chi connectivity index (χ4n) is 1.61. The summed E-state index contributed by atoms with van der Waals surface area (Å²) in [7, 11) is 1.67. The molecule has 5 heteroatoms. The van der Waals surface area contributed by atoms with Gasteiger partial charge in [0.05, 0.1) is 7.11 Å². The standard InChI is InChI=1S/C12H15N3OS/c1-8-7-9(3-4-10(8)16-2)12-15-14-11(17-12)5-6-13/h3-4,7H,5-6,13H2,1-2H3. The van der Waals surface area contributed by atoms with Crippen LogP contribution in [0.15, 0.2) is 18.2 Å². The van der Waals surface area contributed by atoms with Crippen molar-refractivity contribution in [1.29, 1.82) is 0 Å². The molecule has 17 heavy (non-hydrogen) atoms. The third-order valence-electron chi connectivity index (χ3n) is 2.47. The molecule has 0 aliphatic carbocycles. The number of benzene rings is 1. The molecule has 0 bridgehead atoms. The fourth-order valence-corrected chi connectivity index (χ4v) is 2.46. The van der Waals surface area contributed by atoms with Crippen molar-refractivity contribution in [2.75, 3.05) is 13.7 Å². The average Bonchev–Trinajstić information content (AvgIpc) is 2.78. The summed E-state index contributed by atoms with van der Waals surface area (Å²) >= 11 is 1.59. The van der Waals surface area contributed by atoms with Crippen molar-refractivity contribution in [3.8, 4) is 16.3 Å². The Bertz CT molecular complexity index is 510. The molecule has 90 valence electrons. The third-order valence-corrected chi connectivity index (χ3v) is 3.50. The number of hydrogen-bond acceptors (Lipinski definition) is 5. The zero-order valence-electron chi connectivity index (χ0n) is 9.93. The van der Waals surface area contributed by atoms with E-state index in [0.29, 0.717) is 6.54 Å². The quantitative estimate of drug-likeness (QED) is 0.900. The van der Waals surface area contributed by atoms with Crippen LogP contribution in [0.2, 0.25) is 0 Å². The maximum atomic E-state index is 5.49. The number of rotatable bonds is 4. The second kappa shape index (κ2) is 5.25. The lowest BCUT2D eigenvalue weighted by Gasteiger charge is -2.04. The van der Waals surface area contributed by atoms with Gasteiger partial charge < -0.3 is 10.5 Å². The van der Waals surface area contributed by atoms with Crippen LogP contribution >= 0.6 is 11.3 Å². The normalized spacial score (nSPS) is 10.5. The number of aryl methyl sites for hydroxylation is 1. The van der Waals surface area contributed by atoms with Gasteiger partial charge in [-0.2, -0.15) is 0 Å². The summed E-state index contributed by atoms with van der Waals surface area (Å²) in [5.41, 5.74) is 7.66. The number of nitrogens with zero attached hydrogens (tertiary/aromatic N) is 2. The number of ether oxygens (including phenoxy) is 1. The Balaban J connectivity index is 2.29. The van der Waals surface area contributed by atoms with E-state index < -0.39 is 0 Å². The molecule has 0 radical (unpaired) electrons. The lowest BCUT2D eigenvalue weighted by atomic mass is 10.1. The minimum absolute atomic E-state index is 0.607. The molecule has 0 amide bonds. The van der Waals surface area contributed by atoms with Crippen LogP contribution in [0.5, 0.6) is 5.75 Å². The van der Waals surface area contributed by atoms with Crippen molar-refractivity contribution < 1.29 is 4.74 Å². The van der Waals surface area contributed by atoms with Gasteiger partial charge in [0.15, 0.2) is 0 Å². The highest BCUT2D eigenvalue weighted by atomic mass is 32.1. The highest BCUT2D eigenvalue weighted by molar-refractivity contribution is 7.14. The minimum atomic E-state index is 0.607. The second-order valence-corrected chi connectivity index (χ2v) is 4.79. The molecule has 2 aromatic rings. The lowest BCUT2D eigenvalue weighted by Crippen LogP contribution is -2.01. The van der Waals surface area contributed by atoms with Crippen LogP contribution in [0.3, 0.4) is 0 Å². The monoisotopic (exact) mass is 249 g/mol. The zero-order valence-corrected chi connectivity index (χ0v) is 10.8. The smallest absolute Gasteiger partial charge is 0.147 e. The van der Waals surface area contributed by atoms with Gasteiger partial charge in [-0.15, -0.1) is 10.2 Å². The van der Waals surface area contributed by atoms with Crippen LogP contribution in [0.1, 0.15) is 10.6 Å².